The Morgan fingerprint density at radius 1 is 1.03 bits per heavy atom. The molecule has 0 amide bonds. The van der Waals surface area contributed by atoms with E-state index in [2.05, 4.69) is 31.7 Å². The fourth-order valence-electron chi connectivity index (χ4n) is 3.69. The van der Waals surface area contributed by atoms with Crippen LogP contribution in [0.1, 0.15) is 51.4 Å². The van der Waals surface area contributed by atoms with Crippen molar-refractivity contribution >= 4 is 0 Å². The average Bonchev–Trinajstić information content (AvgIpc) is 3.07. The molecule has 1 heterocycles. The zero-order chi connectivity index (χ0) is 24.9. The molecule has 0 aliphatic carbocycles. The van der Waals surface area contributed by atoms with Gasteiger partial charge in [0, 0.05) is 19.1 Å². The van der Waals surface area contributed by atoms with E-state index >= 15 is 0 Å². The maximum absolute atomic E-state index is 10.7. The first-order valence-electron chi connectivity index (χ1n) is 12.0. The molecule has 0 saturated carbocycles. The molecular formula is C28H39N3O3. The van der Waals surface area contributed by atoms with Crippen LogP contribution in [0.5, 0.6) is 11.6 Å². The lowest BCUT2D eigenvalue weighted by Gasteiger charge is -2.30. The summed E-state index contributed by atoms with van der Waals surface area (Å²) in [4.78, 5) is 2.24. The summed E-state index contributed by atoms with van der Waals surface area (Å²) in [5.41, 5.74) is 3.69. The highest BCUT2D eigenvalue weighted by atomic mass is 16.5. The van der Waals surface area contributed by atoms with Crippen LogP contribution in [0, 0.1) is 13.8 Å². The van der Waals surface area contributed by atoms with Crippen LogP contribution in [-0.4, -0.2) is 50.7 Å². The van der Waals surface area contributed by atoms with Crippen molar-refractivity contribution < 1.29 is 14.6 Å². The SMILES string of the molecule is Cc1cccc(Oc2c(CN(CC(O)COC(C)(C)C)C(C)C)c(C)nn2-c2ccccc2)c1. The van der Waals surface area contributed by atoms with Crippen LogP contribution >= 0.6 is 0 Å². The first-order chi connectivity index (χ1) is 16.0. The van der Waals surface area contributed by atoms with E-state index in [9.17, 15) is 5.11 Å². The summed E-state index contributed by atoms with van der Waals surface area (Å²) in [5.74, 6) is 1.47. The van der Waals surface area contributed by atoms with Crippen LogP contribution in [0.15, 0.2) is 54.6 Å². The number of benzene rings is 2. The lowest BCUT2D eigenvalue weighted by molar-refractivity contribution is -0.0587. The van der Waals surface area contributed by atoms with Crippen LogP contribution < -0.4 is 4.74 Å². The summed E-state index contributed by atoms with van der Waals surface area (Å²) < 4.78 is 14.1. The first kappa shape index (κ1) is 25.9. The van der Waals surface area contributed by atoms with E-state index < -0.39 is 6.10 Å². The zero-order valence-electron chi connectivity index (χ0n) is 21.6. The summed E-state index contributed by atoms with van der Waals surface area (Å²) in [6, 6.07) is 18.3. The van der Waals surface area contributed by atoms with Crippen LogP contribution in [-0.2, 0) is 11.3 Å². The molecule has 34 heavy (non-hydrogen) atoms. The topological polar surface area (TPSA) is 59.8 Å². The maximum Gasteiger partial charge on any atom is 0.227 e. The van der Waals surface area contributed by atoms with E-state index in [1.807, 2.05) is 80.9 Å². The molecule has 1 unspecified atom stereocenters. The Hall–Kier alpha value is -2.67. The van der Waals surface area contributed by atoms with Gasteiger partial charge in [0.25, 0.3) is 0 Å². The quantitative estimate of drug-likeness (QED) is 0.418. The van der Waals surface area contributed by atoms with Crippen LogP contribution in [0.3, 0.4) is 0 Å². The van der Waals surface area contributed by atoms with Gasteiger partial charge in [0.05, 0.1) is 35.3 Å². The third-order valence-corrected chi connectivity index (χ3v) is 5.59. The van der Waals surface area contributed by atoms with E-state index in [-0.39, 0.29) is 11.6 Å². The van der Waals surface area contributed by atoms with Gasteiger partial charge in [-0.05, 0) is 78.3 Å². The summed E-state index contributed by atoms with van der Waals surface area (Å²) in [6.07, 6.45) is -0.591. The second-order valence-corrected chi connectivity index (χ2v) is 10.1. The number of rotatable bonds is 10. The molecule has 0 spiro atoms. The largest absolute Gasteiger partial charge is 0.439 e. The minimum Gasteiger partial charge on any atom is -0.439 e. The highest BCUT2D eigenvalue weighted by Crippen LogP contribution is 2.32. The molecule has 0 aliphatic heterocycles. The molecule has 184 valence electrons. The predicted molar refractivity (Wildman–Crippen MR) is 137 cm³/mol. The summed E-state index contributed by atoms with van der Waals surface area (Å²) in [5, 5.41) is 15.5. The number of aromatic nitrogens is 2. The molecule has 0 aliphatic rings. The molecule has 0 radical (unpaired) electrons. The number of hydrogen-bond acceptors (Lipinski definition) is 5. The van der Waals surface area contributed by atoms with Gasteiger partial charge in [-0.25, -0.2) is 4.68 Å². The minimum atomic E-state index is -0.591. The van der Waals surface area contributed by atoms with E-state index in [0.29, 0.717) is 25.6 Å². The van der Waals surface area contributed by atoms with E-state index in [4.69, 9.17) is 14.6 Å². The van der Waals surface area contributed by atoms with Gasteiger partial charge in [-0.1, -0.05) is 30.3 Å². The van der Waals surface area contributed by atoms with Gasteiger partial charge >= 0.3 is 0 Å². The van der Waals surface area contributed by atoms with Gasteiger partial charge in [0.15, 0.2) is 0 Å². The number of para-hydroxylation sites is 1. The van der Waals surface area contributed by atoms with Crippen LogP contribution in [0.4, 0.5) is 0 Å². The zero-order valence-corrected chi connectivity index (χ0v) is 21.6. The third-order valence-electron chi connectivity index (χ3n) is 5.59. The minimum absolute atomic E-state index is 0.218. The molecule has 0 bridgehead atoms. The lowest BCUT2D eigenvalue weighted by Crippen LogP contribution is -2.40. The molecule has 6 heteroatoms. The Labute approximate surface area is 204 Å². The van der Waals surface area contributed by atoms with Gasteiger partial charge in [-0.2, -0.15) is 5.10 Å². The summed E-state index contributed by atoms with van der Waals surface area (Å²) >= 11 is 0. The molecule has 3 aromatic rings. The molecule has 6 nitrogen and oxygen atoms in total. The molecule has 1 atom stereocenters. The number of aliphatic hydroxyl groups is 1. The van der Waals surface area contributed by atoms with Gasteiger partial charge in [0.1, 0.15) is 5.75 Å². The molecule has 1 aromatic heterocycles. The van der Waals surface area contributed by atoms with Gasteiger partial charge in [-0.15, -0.1) is 0 Å². The lowest BCUT2D eigenvalue weighted by atomic mass is 10.1. The molecule has 3 rings (SSSR count). The Morgan fingerprint density at radius 2 is 1.74 bits per heavy atom. The van der Waals surface area contributed by atoms with Crippen molar-refractivity contribution in [2.24, 2.45) is 0 Å². The Balaban J connectivity index is 1.93. The van der Waals surface area contributed by atoms with Gasteiger partial charge in [-0.3, -0.25) is 4.90 Å². The Kier molecular flexibility index (Phi) is 8.52. The summed E-state index contributed by atoms with van der Waals surface area (Å²) in [7, 11) is 0. The highest BCUT2D eigenvalue weighted by molar-refractivity contribution is 5.43. The fourth-order valence-corrected chi connectivity index (χ4v) is 3.69. The molecule has 0 saturated heterocycles. The molecule has 1 N–H and O–H groups in total. The van der Waals surface area contributed by atoms with Crippen molar-refractivity contribution in [2.75, 3.05) is 13.2 Å². The number of hydrogen-bond donors (Lipinski definition) is 1. The predicted octanol–water partition coefficient (Wildman–Crippen LogP) is 5.67. The number of ether oxygens (including phenoxy) is 2. The maximum atomic E-state index is 10.7. The molecular weight excluding hydrogens is 426 g/mol. The van der Waals surface area contributed by atoms with E-state index in [0.717, 1.165) is 28.3 Å². The van der Waals surface area contributed by atoms with Gasteiger partial charge in [0.2, 0.25) is 5.88 Å². The Bertz CT molecular complexity index is 1050. The number of nitrogens with zero attached hydrogens (tertiary/aromatic N) is 3. The van der Waals surface area contributed by atoms with Crippen molar-refractivity contribution in [1.82, 2.24) is 14.7 Å². The van der Waals surface area contributed by atoms with E-state index in [1.165, 1.54) is 0 Å². The summed E-state index contributed by atoms with van der Waals surface area (Å²) in [6.45, 7) is 15.7. The van der Waals surface area contributed by atoms with E-state index in [1.54, 1.807) is 0 Å². The second kappa shape index (κ2) is 11.2. The van der Waals surface area contributed by atoms with Crippen molar-refractivity contribution in [3.8, 4) is 17.3 Å². The third kappa shape index (κ3) is 7.16. The molecule has 2 aromatic carbocycles. The smallest absolute Gasteiger partial charge is 0.227 e. The number of aliphatic hydroxyl groups excluding tert-OH is 1. The molecule has 0 fully saturated rings. The van der Waals surface area contributed by atoms with Crippen molar-refractivity contribution in [2.45, 2.75) is 72.8 Å². The Morgan fingerprint density at radius 3 is 2.35 bits per heavy atom. The van der Waals surface area contributed by atoms with Crippen molar-refractivity contribution in [1.29, 1.82) is 0 Å². The van der Waals surface area contributed by atoms with Gasteiger partial charge < -0.3 is 14.6 Å². The monoisotopic (exact) mass is 465 g/mol. The number of aryl methyl sites for hydroxylation is 2. The van der Waals surface area contributed by atoms with Crippen molar-refractivity contribution in [3.63, 3.8) is 0 Å². The van der Waals surface area contributed by atoms with Crippen molar-refractivity contribution in [3.05, 3.63) is 71.4 Å². The second-order valence-electron chi connectivity index (χ2n) is 10.1. The highest BCUT2D eigenvalue weighted by Gasteiger charge is 2.24. The fraction of sp³-hybridized carbons (Fsp3) is 0.464. The van der Waals surface area contributed by atoms with Crippen LogP contribution in [0.25, 0.3) is 5.69 Å². The standard InChI is InChI=1S/C28H39N3O3/c1-20(2)30(17-24(32)19-33-28(5,6)7)18-26-22(4)29-31(23-13-9-8-10-14-23)27(26)34-25-15-11-12-21(3)16-25/h8-16,20,24,32H,17-19H2,1-7H3. The van der Waals surface area contributed by atoms with Crippen LogP contribution in [0.2, 0.25) is 0 Å². The average molecular weight is 466 g/mol. The normalized spacial score (nSPS) is 13.0. The first-order valence-corrected chi connectivity index (χ1v) is 12.0.